The number of nitrogens with zero attached hydrogens (tertiary/aromatic N) is 1. The second kappa shape index (κ2) is 6.99. The molecular weight excluding hydrogens is 262 g/mol. The lowest BCUT2D eigenvalue weighted by atomic mass is 10.0. The summed E-state index contributed by atoms with van der Waals surface area (Å²) in [6.07, 6.45) is 0. The molecule has 0 amide bonds. The number of aliphatic hydroxyl groups is 1. The van der Waals surface area contributed by atoms with Gasteiger partial charge in [0.25, 0.3) is 0 Å². The van der Waals surface area contributed by atoms with E-state index in [2.05, 4.69) is 10.2 Å². The Bertz CT molecular complexity index is 386. The molecule has 0 saturated carbocycles. The molecule has 18 heavy (non-hydrogen) atoms. The molecule has 0 unspecified atom stereocenters. The lowest BCUT2D eigenvalue weighted by Crippen LogP contribution is -2.46. The topological polar surface area (TPSA) is 35.5 Å². The van der Waals surface area contributed by atoms with Crippen molar-refractivity contribution in [3.05, 3.63) is 35.4 Å². The van der Waals surface area contributed by atoms with Crippen molar-refractivity contribution in [1.82, 2.24) is 10.2 Å². The van der Waals surface area contributed by atoms with Crippen LogP contribution in [0.5, 0.6) is 0 Å². The lowest BCUT2D eigenvalue weighted by molar-refractivity contribution is 0.110. The maximum absolute atomic E-state index is 13.2. The first-order valence-electron chi connectivity index (χ1n) is 5.73. The Morgan fingerprint density at radius 1 is 1.22 bits per heavy atom. The van der Waals surface area contributed by atoms with Gasteiger partial charge in [-0.2, -0.15) is 0 Å². The maximum atomic E-state index is 13.2. The molecule has 3 nitrogen and oxygen atoms in total. The first-order valence-corrected chi connectivity index (χ1v) is 5.73. The van der Waals surface area contributed by atoms with Gasteiger partial charge in [-0.05, 0) is 17.7 Å². The summed E-state index contributed by atoms with van der Waals surface area (Å²) in [5.74, 6) is -1.72. The van der Waals surface area contributed by atoms with Gasteiger partial charge in [-0.25, -0.2) is 8.78 Å². The van der Waals surface area contributed by atoms with E-state index in [0.717, 1.165) is 38.3 Å². The van der Waals surface area contributed by atoms with Crippen molar-refractivity contribution < 1.29 is 13.9 Å². The molecule has 1 aliphatic rings. The zero-order chi connectivity index (χ0) is 12.3. The fraction of sp³-hybridized carbons (Fsp3) is 0.500. The van der Waals surface area contributed by atoms with Gasteiger partial charge < -0.3 is 10.4 Å². The minimum Gasteiger partial charge on any atom is -0.394 e. The first-order chi connectivity index (χ1) is 8.22. The standard InChI is InChI=1S/C12H16F2N2O.ClH/c13-10-2-1-9(7-11(10)14)12(8-17)16-5-3-15-4-6-16;/h1-2,7,12,15,17H,3-6,8H2;1H/t12-;/m0./s1. The average Bonchev–Trinajstić information content (AvgIpc) is 2.36. The quantitative estimate of drug-likeness (QED) is 0.876. The summed E-state index contributed by atoms with van der Waals surface area (Å²) in [6, 6.07) is 3.54. The first kappa shape index (κ1) is 15.3. The number of hydrogen-bond acceptors (Lipinski definition) is 3. The molecule has 0 radical (unpaired) electrons. The van der Waals surface area contributed by atoms with Gasteiger partial charge in [-0.1, -0.05) is 6.07 Å². The highest BCUT2D eigenvalue weighted by Crippen LogP contribution is 2.22. The molecule has 1 heterocycles. The van der Waals surface area contributed by atoms with Gasteiger partial charge >= 0.3 is 0 Å². The van der Waals surface area contributed by atoms with Crippen molar-refractivity contribution in [1.29, 1.82) is 0 Å². The molecule has 1 aliphatic heterocycles. The minimum absolute atomic E-state index is 0. The van der Waals surface area contributed by atoms with Crippen molar-refractivity contribution >= 4 is 12.4 Å². The monoisotopic (exact) mass is 278 g/mol. The fourth-order valence-corrected chi connectivity index (χ4v) is 2.15. The highest BCUT2D eigenvalue weighted by atomic mass is 35.5. The summed E-state index contributed by atoms with van der Waals surface area (Å²) in [6.45, 7) is 3.19. The Labute approximate surface area is 111 Å². The van der Waals surface area contributed by atoms with Crippen LogP contribution in [0.3, 0.4) is 0 Å². The van der Waals surface area contributed by atoms with Crippen molar-refractivity contribution in [2.75, 3.05) is 32.8 Å². The van der Waals surface area contributed by atoms with Crippen LogP contribution in [0.4, 0.5) is 8.78 Å². The largest absolute Gasteiger partial charge is 0.394 e. The Balaban J connectivity index is 0.00000162. The maximum Gasteiger partial charge on any atom is 0.159 e. The molecule has 1 atom stereocenters. The molecule has 102 valence electrons. The van der Waals surface area contributed by atoms with Crippen molar-refractivity contribution in [2.24, 2.45) is 0 Å². The van der Waals surface area contributed by atoms with E-state index in [1.807, 2.05) is 0 Å². The smallest absolute Gasteiger partial charge is 0.159 e. The molecule has 1 fully saturated rings. The molecule has 1 saturated heterocycles. The van der Waals surface area contributed by atoms with Gasteiger partial charge in [0.05, 0.1) is 12.6 Å². The van der Waals surface area contributed by atoms with E-state index < -0.39 is 11.6 Å². The molecule has 1 aromatic rings. The lowest BCUT2D eigenvalue weighted by Gasteiger charge is -2.34. The van der Waals surface area contributed by atoms with Gasteiger partial charge in [-0.15, -0.1) is 12.4 Å². The van der Waals surface area contributed by atoms with Gasteiger partial charge in [0.1, 0.15) is 0 Å². The Morgan fingerprint density at radius 2 is 1.89 bits per heavy atom. The van der Waals surface area contributed by atoms with Crippen LogP contribution in [-0.4, -0.2) is 42.8 Å². The molecule has 2 rings (SSSR count). The predicted molar refractivity (Wildman–Crippen MR) is 67.9 cm³/mol. The number of piperazine rings is 1. The third-order valence-electron chi connectivity index (χ3n) is 3.09. The number of benzene rings is 1. The summed E-state index contributed by atoms with van der Waals surface area (Å²) in [4.78, 5) is 2.07. The van der Waals surface area contributed by atoms with E-state index in [1.54, 1.807) is 0 Å². The number of halogens is 3. The SMILES string of the molecule is Cl.OC[C@@H](c1ccc(F)c(F)c1)N1CCNCC1. The van der Waals surface area contributed by atoms with Crippen LogP contribution in [0, 0.1) is 11.6 Å². The summed E-state index contributed by atoms with van der Waals surface area (Å²) in [7, 11) is 0. The van der Waals surface area contributed by atoms with Crippen LogP contribution >= 0.6 is 12.4 Å². The van der Waals surface area contributed by atoms with Crippen molar-refractivity contribution in [2.45, 2.75) is 6.04 Å². The number of aliphatic hydroxyl groups excluding tert-OH is 1. The fourth-order valence-electron chi connectivity index (χ4n) is 2.15. The molecule has 0 aliphatic carbocycles. The van der Waals surface area contributed by atoms with Crippen LogP contribution in [0.2, 0.25) is 0 Å². The number of hydrogen-bond donors (Lipinski definition) is 2. The van der Waals surface area contributed by atoms with Crippen LogP contribution in [0.25, 0.3) is 0 Å². The predicted octanol–water partition coefficient (Wildman–Crippen LogP) is 1.33. The van der Waals surface area contributed by atoms with Crippen LogP contribution in [0.1, 0.15) is 11.6 Å². The molecular formula is C12H17ClF2N2O. The highest BCUT2D eigenvalue weighted by Gasteiger charge is 2.22. The van der Waals surface area contributed by atoms with E-state index >= 15 is 0 Å². The summed E-state index contributed by atoms with van der Waals surface area (Å²) in [5.41, 5.74) is 0.619. The van der Waals surface area contributed by atoms with E-state index in [9.17, 15) is 13.9 Å². The molecule has 0 bridgehead atoms. The van der Waals surface area contributed by atoms with Gasteiger partial charge in [0, 0.05) is 26.2 Å². The number of nitrogens with one attached hydrogen (secondary N) is 1. The molecule has 0 spiro atoms. The number of rotatable bonds is 3. The average molecular weight is 279 g/mol. The van der Waals surface area contributed by atoms with E-state index in [1.165, 1.54) is 6.07 Å². The Morgan fingerprint density at radius 3 is 2.44 bits per heavy atom. The normalized spacial score (nSPS) is 18.2. The van der Waals surface area contributed by atoms with Crippen LogP contribution in [-0.2, 0) is 0 Å². The summed E-state index contributed by atoms with van der Waals surface area (Å²) in [5, 5.41) is 12.6. The van der Waals surface area contributed by atoms with Gasteiger partial charge in [0.2, 0.25) is 0 Å². The summed E-state index contributed by atoms with van der Waals surface area (Å²) >= 11 is 0. The van der Waals surface area contributed by atoms with Crippen LogP contribution in [0.15, 0.2) is 18.2 Å². The third kappa shape index (κ3) is 3.38. The molecule has 2 N–H and O–H groups in total. The minimum atomic E-state index is -0.865. The van der Waals surface area contributed by atoms with Crippen molar-refractivity contribution in [3.8, 4) is 0 Å². The van der Waals surface area contributed by atoms with E-state index in [4.69, 9.17) is 0 Å². The zero-order valence-corrected chi connectivity index (χ0v) is 10.7. The Kier molecular flexibility index (Phi) is 5.95. The van der Waals surface area contributed by atoms with Gasteiger partial charge in [-0.3, -0.25) is 4.90 Å². The van der Waals surface area contributed by atoms with Gasteiger partial charge in [0.15, 0.2) is 11.6 Å². The highest BCUT2D eigenvalue weighted by molar-refractivity contribution is 5.85. The summed E-state index contributed by atoms with van der Waals surface area (Å²) < 4.78 is 26.0. The zero-order valence-electron chi connectivity index (χ0n) is 9.90. The van der Waals surface area contributed by atoms with E-state index in [0.29, 0.717) is 5.56 Å². The van der Waals surface area contributed by atoms with Crippen LogP contribution < -0.4 is 5.32 Å². The van der Waals surface area contributed by atoms with Crippen molar-refractivity contribution in [3.63, 3.8) is 0 Å². The third-order valence-corrected chi connectivity index (χ3v) is 3.09. The Hall–Kier alpha value is -0.750. The molecule has 0 aromatic heterocycles. The van der Waals surface area contributed by atoms with E-state index in [-0.39, 0.29) is 25.1 Å². The second-order valence-electron chi connectivity index (χ2n) is 4.16. The second-order valence-corrected chi connectivity index (χ2v) is 4.16. The molecule has 6 heteroatoms. The molecule has 1 aromatic carbocycles.